The van der Waals surface area contributed by atoms with Crippen LogP contribution in [0.2, 0.25) is 0 Å². The van der Waals surface area contributed by atoms with Crippen molar-refractivity contribution in [2.24, 2.45) is 5.10 Å². The van der Waals surface area contributed by atoms with Gasteiger partial charge in [-0.3, -0.25) is 5.43 Å². The van der Waals surface area contributed by atoms with Crippen molar-refractivity contribution in [2.45, 2.75) is 6.92 Å². The van der Waals surface area contributed by atoms with Crippen LogP contribution in [-0.4, -0.2) is 18.8 Å². The Balaban J connectivity index is 1.89. The summed E-state index contributed by atoms with van der Waals surface area (Å²) in [5, 5.41) is 14.4. The van der Waals surface area contributed by atoms with Crippen LogP contribution in [0.25, 0.3) is 0 Å². The predicted octanol–water partition coefficient (Wildman–Crippen LogP) is 1.57. The minimum Gasteiger partial charge on any atom is -0.546 e. The molecule has 0 bridgehead atoms. The minimum atomic E-state index is -1.25. The fourth-order valence-corrected chi connectivity index (χ4v) is 1.60. The number of hydrazone groups is 1. The van der Waals surface area contributed by atoms with E-state index >= 15 is 0 Å². The molecule has 0 saturated heterocycles. The van der Waals surface area contributed by atoms with Crippen molar-refractivity contribution in [3.63, 3.8) is 0 Å². The summed E-state index contributed by atoms with van der Waals surface area (Å²) < 4.78 is 4.99. The van der Waals surface area contributed by atoms with Gasteiger partial charge in [0.05, 0.1) is 17.9 Å². The van der Waals surface area contributed by atoms with Crippen molar-refractivity contribution >= 4 is 17.9 Å². The Morgan fingerprint density at radius 3 is 2.48 bits per heavy atom. The van der Waals surface area contributed by atoms with E-state index in [2.05, 4.69) is 10.5 Å². The third-order valence-electron chi connectivity index (χ3n) is 2.70. The molecule has 2 rings (SSSR count). The zero-order chi connectivity index (χ0) is 15.1. The predicted molar refractivity (Wildman–Crippen MR) is 79.3 cm³/mol. The number of nitrogens with zero attached hydrogens (tertiary/aromatic N) is 1. The number of hydrogen-bond donors (Lipinski definition) is 1. The molecule has 0 aliphatic carbocycles. The lowest BCUT2D eigenvalue weighted by molar-refractivity contribution is -0.307. The van der Waals surface area contributed by atoms with E-state index in [1.807, 2.05) is 31.2 Å². The summed E-state index contributed by atoms with van der Waals surface area (Å²) in [6.45, 7) is 1.57. The second-order valence-electron chi connectivity index (χ2n) is 4.47. The first-order valence-corrected chi connectivity index (χ1v) is 6.42. The number of nitrogens with one attached hydrogen (secondary N) is 1. The standard InChI is InChI=1S/C16H16N2O3/c1-12-2-6-14(7-3-12)18-17-10-13-4-8-15(9-5-13)21-11-16(19)20/h2-10,18H,11H2,1H3,(H,19,20)/p-1/b17-10-. The number of aliphatic carboxylic acids is 1. The summed E-state index contributed by atoms with van der Waals surface area (Å²) in [6, 6.07) is 14.8. The molecule has 0 aliphatic rings. The van der Waals surface area contributed by atoms with Crippen molar-refractivity contribution in [3.8, 4) is 5.75 Å². The number of anilines is 1. The van der Waals surface area contributed by atoms with Gasteiger partial charge in [-0.25, -0.2) is 0 Å². The number of benzene rings is 2. The van der Waals surface area contributed by atoms with Crippen molar-refractivity contribution in [3.05, 3.63) is 59.7 Å². The summed E-state index contributed by atoms with van der Waals surface area (Å²) in [5.41, 5.74) is 5.90. The fourth-order valence-electron chi connectivity index (χ4n) is 1.60. The lowest BCUT2D eigenvalue weighted by Gasteiger charge is -2.06. The molecule has 5 heteroatoms. The number of carbonyl (C=O) groups excluding carboxylic acids is 1. The maximum absolute atomic E-state index is 10.3. The average molecular weight is 283 g/mol. The van der Waals surface area contributed by atoms with Gasteiger partial charge >= 0.3 is 0 Å². The van der Waals surface area contributed by atoms with Gasteiger partial charge in [0.2, 0.25) is 0 Å². The molecule has 108 valence electrons. The van der Waals surface area contributed by atoms with Gasteiger partial charge in [0.1, 0.15) is 12.4 Å². The molecule has 2 aromatic rings. The maximum atomic E-state index is 10.3. The van der Waals surface area contributed by atoms with Crippen LogP contribution in [0.1, 0.15) is 11.1 Å². The van der Waals surface area contributed by atoms with Gasteiger partial charge in [0.15, 0.2) is 0 Å². The topological polar surface area (TPSA) is 73.8 Å². The summed E-state index contributed by atoms with van der Waals surface area (Å²) in [7, 11) is 0. The first-order valence-electron chi connectivity index (χ1n) is 6.42. The van der Waals surface area contributed by atoms with E-state index in [-0.39, 0.29) is 0 Å². The van der Waals surface area contributed by atoms with E-state index in [0.717, 1.165) is 11.3 Å². The van der Waals surface area contributed by atoms with Crippen LogP contribution in [-0.2, 0) is 4.79 Å². The van der Waals surface area contributed by atoms with Crippen molar-refractivity contribution < 1.29 is 14.6 Å². The number of rotatable bonds is 6. The third-order valence-corrected chi connectivity index (χ3v) is 2.70. The Morgan fingerprint density at radius 1 is 1.19 bits per heavy atom. The zero-order valence-corrected chi connectivity index (χ0v) is 11.6. The second kappa shape index (κ2) is 7.09. The van der Waals surface area contributed by atoms with Gasteiger partial charge in [-0.2, -0.15) is 5.10 Å². The molecule has 0 heterocycles. The molecule has 0 amide bonds. The molecule has 0 atom stereocenters. The summed E-state index contributed by atoms with van der Waals surface area (Å²) in [5.74, 6) is -0.772. The molecular formula is C16H15N2O3-. The number of ether oxygens (including phenoxy) is 1. The molecule has 0 aliphatic heterocycles. The highest BCUT2D eigenvalue weighted by Gasteiger charge is 1.94. The van der Waals surface area contributed by atoms with Crippen LogP contribution in [0.4, 0.5) is 5.69 Å². The highest BCUT2D eigenvalue weighted by molar-refractivity contribution is 5.80. The highest BCUT2D eigenvalue weighted by Crippen LogP contribution is 2.11. The molecule has 2 aromatic carbocycles. The largest absolute Gasteiger partial charge is 0.546 e. The van der Waals surface area contributed by atoms with Gasteiger partial charge in [0, 0.05) is 0 Å². The zero-order valence-electron chi connectivity index (χ0n) is 11.6. The summed E-state index contributed by atoms with van der Waals surface area (Å²) in [4.78, 5) is 10.3. The van der Waals surface area contributed by atoms with Crippen LogP contribution in [0, 0.1) is 6.92 Å². The van der Waals surface area contributed by atoms with Crippen LogP contribution >= 0.6 is 0 Å². The quantitative estimate of drug-likeness (QED) is 0.645. The van der Waals surface area contributed by atoms with Gasteiger partial charge in [-0.05, 0) is 48.9 Å². The number of hydrogen-bond acceptors (Lipinski definition) is 5. The van der Waals surface area contributed by atoms with Gasteiger partial charge in [-0.15, -0.1) is 0 Å². The van der Waals surface area contributed by atoms with Gasteiger partial charge < -0.3 is 14.6 Å². The van der Waals surface area contributed by atoms with E-state index in [1.54, 1.807) is 30.5 Å². The van der Waals surface area contributed by atoms with E-state index in [1.165, 1.54) is 5.56 Å². The molecule has 21 heavy (non-hydrogen) atoms. The van der Waals surface area contributed by atoms with Crippen LogP contribution in [0.15, 0.2) is 53.6 Å². The monoisotopic (exact) mass is 283 g/mol. The van der Waals surface area contributed by atoms with Crippen LogP contribution in [0.5, 0.6) is 5.75 Å². The third kappa shape index (κ3) is 4.99. The van der Waals surface area contributed by atoms with E-state index < -0.39 is 12.6 Å². The molecule has 0 spiro atoms. The first kappa shape index (κ1) is 14.6. The normalized spacial score (nSPS) is 10.5. The Kier molecular flexibility index (Phi) is 4.93. The minimum absolute atomic E-state index is 0.456. The molecule has 1 N–H and O–H groups in total. The molecule has 0 unspecified atom stereocenters. The Morgan fingerprint density at radius 2 is 1.86 bits per heavy atom. The van der Waals surface area contributed by atoms with Gasteiger partial charge in [0.25, 0.3) is 0 Å². The summed E-state index contributed by atoms with van der Waals surface area (Å²) >= 11 is 0. The smallest absolute Gasteiger partial charge is 0.128 e. The van der Waals surface area contributed by atoms with E-state index in [0.29, 0.717) is 5.75 Å². The Bertz CT molecular complexity index is 619. The number of carbonyl (C=O) groups is 1. The highest BCUT2D eigenvalue weighted by atomic mass is 16.5. The summed E-state index contributed by atoms with van der Waals surface area (Å²) in [6.07, 6.45) is 1.67. The number of carboxylic acids is 1. The van der Waals surface area contributed by atoms with Crippen molar-refractivity contribution in [1.82, 2.24) is 0 Å². The fraction of sp³-hybridized carbons (Fsp3) is 0.125. The molecule has 0 aromatic heterocycles. The number of aryl methyl sites for hydroxylation is 1. The van der Waals surface area contributed by atoms with Crippen LogP contribution < -0.4 is 15.3 Å². The lowest BCUT2D eigenvalue weighted by Crippen LogP contribution is -2.28. The van der Waals surface area contributed by atoms with E-state index in [4.69, 9.17) is 4.74 Å². The molecule has 0 saturated carbocycles. The second-order valence-corrected chi connectivity index (χ2v) is 4.47. The van der Waals surface area contributed by atoms with Crippen molar-refractivity contribution in [2.75, 3.05) is 12.0 Å². The Hall–Kier alpha value is -2.82. The first-order chi connectivity index (χ1) is 10.1. The van der Waals surface area contributed by atoms with Crippen molar-refractivity contribution in [1.29, 1.82) is 0 Å². The lowest BCUT2D eigenvalue weighted by atomic mass is 10.2. The van der Waals surface area contributed by atoms with Crippen LogP contribution in [0.3, 0.4) is 0 Å². The molecule has 0 fully saturated rings. The van der Waals surface area contributed by atoms with Gasteiger partial charge in [-0.1, -0.05) is 17.7 Å². The average Bonchev–Trinajstić information content (AvgIpc) is 2.48. The maximum Gasteiger partial charge on any atom is 0.128 e. The number of carboxylic acid groups (broad SMARTS) is 1. The molecular weight excluding hydrogens is 268 g/mol. The molecule has 0 radical (unpaired) electrons. The molecule has 5 nitrogen and oxygen atoms in total. The Labute approximate surface area is 122 Å². The van der Waals surface area contributed by atoms with E-state index in [9.17, 15) is 9.90 Å². The SMILES string of the molecule is Cc1ccc(N/N=C\c2ccc(OCC(=O)[O-])cc2)cc1.